The molecular formula is C8H14O2. The molecule has 1 aliphatic rings. The van der Waals surface area contributed by atoms with Crippen LogP contribution in [-0.4, -0.2) is 24.4 Å². The molecule has 0 aromatic rings. The molecule has 0 amide bonds. The van der Waals surface area contributed by atoms with Crippen molar-refractivity contribution < 1.29 is 9.84 Å². The molecule has 0 heterocycles. The number of hydrogen-bond donors (Lipinski definition) is 1. The van der Waals surface area contributed by atoms with Gasteiger partial charge in [-0.15, -0.1) is 6.58 Å². The second-order valence-corrected chi connectivity index (χ2v) is 2.74. The fourth-order valence-corrected chi connectivity index (χ4v) is 1.16. The third-order valence-corrected chi connectivity index (χ3v) is 2.12. The van der Waals surface area contributed by atoms with E-state index in [4.69, 9.17) is 9.84 Å². The second kappa shape index (κ2) is 2.72. The molecule has 10 heavy (non-hydrogen) atoms. The SMILES string of the molecule is C=C[C@]1(CO)C[C@H]1OCC. The van der Waals surface area contributed by atoms with Gasteiger partial charge < -0.3 is 9.84 Å². The summed E-state index contributed by atoms with van der Waals surface area (Å²) in [5.41, 5.74) is -0.101. The molecule has 2 atom stereocenters. The van der Waals surface area contributed by atoms with Crippen molar-refractivity contribution in [3.63, 3.8) is 0 Å². The lowest BCUT2D eigenvalue weighted by Gasteiger charge is -2.06. The highest BCUT2D eigenvalue weighted by Gasteiger charge is 2.52. The van der Waals surface area contributed by atoms with E-state index in [2.05, 4.69) is 6.58 Å². The lowest BCUT2D eigenvalue weighted by Crippen LogP contribution is -2.10. The van der Waals surface area contributed by atoms with Crippen LogP contribution in [0.15, 0.2) is 12.7 Å². The normalized spacial score (nSPS) is 37.6. The third kappa shape index (κ3) is 1.09. The Bertz CT molecular complexity index is 133. The first-order valence-corrected chi connectivity index (χ1v) is 3.65. The van der Waals surface area contributed by atoms with Gasteiger partial charge in [0.15, 0.2) is 0 Å². The average molecular weight is 142 g/mol. The van der Waals surface area contributed by atoms with Gasteiger partial charge in [0.2, 0.25) is 0 Å². The monoisotopic (exact) mass is 142 g/mol. The molecule has 58 valence electrons. The van der Waals surface area contributed by atoms with Crippen LogP contribution >= 0.6 is 0 Å². The quantitative estimate of drug-likeness (QED) is 0.592. The molecule has 0 spiro atoms. The molecule has 1 fully saturated rings. The molecular weight excluding hydrogens is 128 g/mol. The minimum absolute atomic E-state index is 0.101. The van der Waals surface area contributed by atoms with Crippen molar-refractivity contribution in [3.05, 3.63) is 12.7 Å². The summed E-state index contributed by atoms with van der Waals surface area (Å²) in [4.78, 5) is 0. The van der Waals surface area contributed by atoms with E-state index in [1.807, 2.05) is 6.92 Å². The fraction of sp³-hybridized carbons (Fsp3) is 0.750. The summed E-state index contributed by atoms with van der Waals surface area (Å²) in [6.07, 6.45) is 2.95. The highest BCUT2D eigenvalue weighted by Crippen LogP contribution is 2.48. The van der Waals surface area contributed by atoms with Crippen molar-refractivity contribution in [2.24, 2.45) is 5.41 Å². The van der Waals surface area contributed by atoms with Crippen molar-refractivity contribution in [2.45, 2.75) is 19.4 Å². The lowest BCUT2D eigenvalue weighted by molar-refractivity contribution is 0.0921. The second-order valence-electron chi connectivity index (χ2n) is 2.74. The Morgan fingerprint density at radius 3 is 2.90 bits per heavy atom. The Balaban J connectivity index is 2.37. The molecule has 2 heteroatoms. The molecule has 0 bridgehead atoms. The molecule has 0 aliphatic heterocycles. The summed E-state index contributed by atoms with van der Waals surface area (Å²) in [7, 11) is 0. The summed E-state index contributed by atoms with van der Waals surface area (Å²) in [5.74, 6) is 0. The van der Waals surface area contributed by atoms with Crippen LogP contribution in [0.3, 0.4) is 0 Å². The summed E-state index contributed by atoms with van der Waals surface area (Å²) in [5, 5.41) is 8.90. The van der Waals surface area contributed by atoms with Gasteiger partial charge >= 0.3 is 0 Å². The van der Waals surface area contributed by atoms with Gasteiger partial charge in [-0.3, -0.25) is 0 Å². The van der Waals surface area contributed by atoms with Crippen LogP contribution in [-0.2, 0) is 4.74 Å². The Labute approximate surface area is 61.5 Å². The summed E-state index contributed by atoms with van der Waals surface area (Å²) in [6, 6.07) is 0. The highest BCUT2D eigenvalue weighted by atomic mass is 16.5. The minimum Gasteiger partial charge on any atom is -0.395 e. The van der Waals surface area contributed by atoms with Crippen LogP contribution in [0.25, 0.3) is 0 Å². The standard InChI is InChI=1S/C8H14O2/c1-3-8(6-9)5-7(8)10-4-2/h3,7,9H,1,4-6H2,2H3/t7-,8-/m1/s1. The van der Waals surface area contributed by atoms with E-state index in [1.54, 1.807) is 6.08 Å². The predicted molar refractivity (Wildman–Crippen MR) is 39.7 cm³/mol. The van der Waals surface area contributed by atoms with Gasteiger partial charge in [-0.2, -0.15) is 0 Å². The summed E-state index contributed by atoms with van der Waals surface area (Å²) in [6.45, 7) is 6.51. The predicted octanol–water partition coefficient (Wildman–Crippen LogP) is 0.960. The molecule has 2 nitrogen and oxygen atoms in total. The van der Waals surface area contributed by atoms with Gasteiger partial charge in [-0.05, 0) is 13.3 Å². The number of hydrogen-bond acceptors (Lipinski definition) is 2. The highest BCUT2D eigenvalue weighted by molar-refractivity contribution is 5.14. The first kappa shape index (κ1) is 7.76. The van der Waals surface area contributed by atoms with Crippen molar-refractivity contribution in [2.75, 3.05) is 13.2 Å². The van der Waals surface area contributed by atoms with Gasteiger partial charge in [0.05, 0.1) is 12.7 Å². The van der Waals surface area contributed by atoms with Crippen LogP contribution in [0.1, 0.15) is 13.3 Å². The average Bonchev–Trinajstić information content (AvgIpc) is 2.65. The Morgan fingerprint density at radius 2 is 2.60 bits per heavy atom. The van der Waals surface area contributed by atoms with Crippen LogP contribution in [0.2, 0.25) is 0 Å². The molecule has 0 saturated heterocycles. The van der Waals surface area contributed by atoms with E-state index in [9.17, 15) is 0 Å². The zero-order valence-electron chi connectivity index (χ0n) is 6.34. The van der Waals surface area contributed by atoms with Crippen molar-refractivity contribution in [3.8, 4) is 0 Å². The Kier molecular flexibility index (Phi) is 2.11. The zero-order valence-corrected chi connectivity index (χ0v) is 6.34. The van der Waals surface area contributed by atoms with Crippen LogP contribution < -0.4 is 0 Å². The Hall–Kier alpha value is -0.340. The van der Waals surface area contributed by atoms with E-state index in [-0.39, 0.29) is 18.1 Å². The first-order valence-electron chi connectivity index (χ1n) is 3.65. The summed E-state index contributed by atoms with van der Waals surface area (Å²) < 4.78 is 5.32. The molecule has 1 rings (SSSR count). The molecule has 1 aliphatic carbocycles. The van der Waals surface area contributed by atoms with E-state index >= 15 is 0 Å². The van der Waals surface area contributed by atoms with E-state index < -0.39 is 0 Å². The zero-order chi connectivity index (χ0) is 7.61. The largest absolute Gasteiger partial charge is 0.395 e. The maximum absolute atomic E-state index is 8.90. The molecule has 0 aromatic carbocycles. The lowest BCUT2D eigenvalue weighted by atomic mass is 10.1. The fourth-order valence-electron chi connectivity index (χ4n) is 1.16. The van der Waals surface area contributed by atoms with Crippen molar-refractivity contribution >= 4 is 0 Å². The number of aliphatic hydroxyl groups is 1. The topological polar surface area (TPSA) is 29.5 Å². The van der Waals surface area contributed by atoms with Crippen molar-refractivity contribution in [1.82, 2.24) is 0 Å². The maximum atomic E-state index is 8.90. The van der Waals surface area contributed by atoms with Crippen molar-refractivity contribution in [1.29, 1.82) is 0 Å². The number of aliphatic hydroxyl groups excluding tert-OH is 1. The van der Waals surface area contributed by atoms with E-state index in [0.29, 0.717) is 0 Å². The number of rotatable bonds is 4. The van der Waals surface area contributed by atoms with Crippen LogP contribution in [0.4, 0.5) is 0 Å². The van der Waals surface area contributed by atoms with E-state index in [0.717, 1.165) is 13.0 Å². The minimum atomic E-state index is -0.101. The van der Waals surface area contributed by atoms with Gasteiger partial charge in [0.25, 0.3) is 0 Å². The van der Waals surface area contributed by atoms with Gasteiger partial charge in [-0.25, -0.2) is 0 Å². The molecule has 1 saturated carbocycles. The Morgan fingerprint density at radius 1 is 1.90 bits per heavy atom. The molecule has 1 N–H and O–H groups in total. The molecule has 0 aromatic heterocycles. The van der Waals surface area contributed by atoms with Gasteiger partial charge in [0.1, 0.15) is 0 Å². The van der Waals surface area contributed by atoms with Gasteiger partial charge in [-0.1, -0.05) is 6.08 Å². The van der Waals surface area contributed by atoms with E-state index in [1.165, 1.54) is 0 Å². The smallest absolute Gasteiger partial charge is 0.0698 e. The summed E-state index contributed by atoms with van der Waals surface area (Å²) >= 11 is 0. The van der Waals surface area contributed by atoms with Crippen LogP contribution in [0, 0.1) is 5.41 Å². The molecule has 0 unspecified atom stereocenters. The maximum Gasteiger partial charge on any atom is 0.0698 e. The first-order chi connectivity index (χ1) is 4.79. The van der Waals surface area contributed by atoms with Gasteiger partial charge in [0, 0.05) is 12.0 Å². The number of ether oxygens (including phenoxy) is 1. The molecule has 0 radical (unpaired) electrons. The third-order valence-electron chi connectivity index (χ3n) is 2.12. The van der Waals surface area contributed by atoms with Crippen LogP contribution in [0.5, 0.6) is 0 Å².